The van der Waals surface area contributed by atoms with Gasteiger partial charge in [-0.25, -0.2) is 9.18 Å². The molecule has 0 saturated heterocycles. The molecule has 9 atom stereocenters. The Hall–Kier alpha value is -2.72. The minimum atomic E-state index is -1.60. The summed E-state index contributed by atoms with van der Waals surface area (Å²) in [5.41, 5.74) is -1.25. The van der Waals surface area contributed by atoms with Crippen LogP contribution in [0.4, 0.5) is 4.39 Å². The zero-order valence-electron chi connectivity index (χ0n) is 22.9. The van der Waals surface area contributed by atoms with Crippen molar-refractivity contribution in [2.75, 3.05) is 6.61 Å². The number of halogens is 1. The smallest absolute Gasteiger partial charge is 0.482 e. The van der Waals surface area contributed by atoms with Crippen LogP contribution in [0.2, 0.25) is 0 Å². The van der Waals surface area contributed by atoms with Crippen LogP contribution in [-0.2, 0) is 19.1 Å². The lowest BCUT2D eigenvalue weighted by Gasteiger charge is -2.61. The van der Waals surface area contributed by atoms with Gasteiger partial charge in [0.1, 0.15) is 11.9 Å². The maximum Gasteiger partial charge on any atom is 0.583 e. The van der Waals surface area contributed by atoms with Crippen LogP contribution in [0.3, 0.4) is 0 Å². The SMILES string of the molecule is C=C[C@]1(C)C[C@@H](OC(=O)COc2ccc3c(c2)B(O)ON=C3)[C@@]2(C)[C@@H]3C(=O)[C@@H](F)C[C@@]3(CC[C@@H]2C)[C@@H](C)[C@@H]1O. The maximum atomic E-state index is 15.2. The number of aliphatic hydroxyl groups excluding tert-OH is 1. The minimum Gasteiger partial charge on any atom is -0.482 e. The van der Waals surface area contributed by atoms with E-state index >= 15 is 4.39 Å². The number of alkyl halides is 1. The quantitative estimate of drug-likeness (QED) is 0.335. The molecule has 3 aliphatic carbocycles. The summed E-state index contributed by atoms with van der Waals surface area (Å²) in [4.78, 5) is 26.7. The number of hydrogen-bond donors (Lipinski definition) is 2. The van der Waals surface area contributed by atoms with Crippen molar-refractivity contribution in [2.45, 2.75) is 71.8 Å². The Morgan fingerprint density at radius 2 is 2.08 bits per heavy atom. The van der Waals surface area contributed by atoms with Crippen LogP contribution < -0.4 is 10.2 Å². The van der Waals surface area contributed by atoms with E-state index in [-0.39, 0.29) is 24.7 Å². The van der Waals surface area contributed by atoms with Gasteiger partial charge in [-0.3, -0.25) is 4.79 Å². The Kier molecular flexibility index (Phi) is 6.95. The van der Waals surface area contributed by atoms with Gasteiger partial charge in [-0.15, -0.1) is 11.7 Å². The lowest BCUT2D eigenvalue weighted by Crippen LogP contribution is -2.63. The molecular formula is C29H37BFNO7. The van der Waals surface area contributed by atoms with E-state index in [1.54, 1.807) is 24.3 Å². The molecule has 3 saturated carbocycles. The van der Waals surface area contributed by atoms with Gasteiger partial charge in [0, 0.05) is 22.2 Å². The second-order valence-corrected chi connectivity index (χ2v) is 12.4. The van der Waals surface area contributed by atoms with Crippen LogP contribution in [0.15, 0.2) is 36.0 Å². The normalized spacial score (nSPS) is 41.0. The number of aliphatic hydroxyl groups is 1. The molecule has 10 heteroatoms. The molecule has 1 aromatic carbocycles. The molecule has 3 fully saturated rings. The predicted molar refractivity (Wildman–Crippen MR) is 143 cm³/mol. The lowest BCUT2D eigenvalue weighted by atomic mass is 9.44. The van der Waals surface area contributed by atoms with Crippen LogP contribution in [0.5, 0.6) is 5.75 Å². The van der Waals surface area contributed by atoms with Crippen molar-refractivity contribution >= 4 is 30.5 Å². The van der Waals surface area contributed by atoms with Crippen molar-refractivity contribution in [2.24, 2.45) is 39.2 Å². The molecule has 8 nitrogen and oxygen atoms in total. The number of carbonyl (C=O) groups excluding carboxylic acids is 2. The number of esters is 1. The highest BCUT2D eigenvalue weighted by molar-refractivity contribution is 6.62. The number of Topliss-reactive ketones (excluding diaryl/α,β-unsaturated/α-hetero) is 1. The highest BCUT2D eigenvalue weighted by atomic mass is 19.1. The second kappa shape index (κ2) is 9.73. The molecule has 2 N–H and O–H groups in total. The Labute approximate surface area is 228 Å². The topological polar surface area (TPSA) is 115 Å². The third kappa shape index (κ3) is 4.22. The lowest BCUT2D eigenvalue weighted by molar-refractivity contribution is -0.207. The number of oxime groups is 1. The highest BCUT2D eigenvalue weighted by Crippen LogP contribution is 2.68. The zero-order chi connectivity index (χ0) is 28.3. The number of fused-ring (bicyclic) bond motifs is 1. The summed E-state index contributed by atoms with van der Waals surface area (Å²) in [5.74, 6) is -1.79. The van der Waals surface area contributed by atoms with E-state index in [1.807, 2.05) is 27.7 Å². The number of nitrogens with zero attached hydrogens (tertiary/aromatic N) is 1. The van der Waals surface area contributed by atoms with Gasteiger partial charge in [-0.2, -0.15) is 0 Å². The molecule has 0 radical (unpaired) electrons. The summed E-state index contributed by atoms with van der Waals surface area (Å²) in [7, 11) is -1.24. The first kappa shape index (κ1) is 27.8. The second-order valence-electron chi connectivity index (χ2n) is 12.4. The monoisotopic (exact) mass is 541 g/mol. The number of benzene rings is 1. The Bertz CT molecular complexity index is 1210. The largest absolute Gasteiger partial charge is 0.583 e. The highest BCUT2D eigenvalue weighted by Gasteiger charge is 2.70. The summed E-state index contributed by atoms with van der Waals surface area (Å²) in [5, 5.41) is 25.2. The fourth-order valence-electron chi connectivity index (χ4n) is 7.96. The summed E-state index contributed by atoms with van der Waals surface area (Å²) in [6.45, 7) is 11.4. The van der Waals surface area contributed by atoms with Gasteiger partial charge in [0.25, 0.3) is 0 Å². The van der Waals surface area contributed by atoms with E-state index < -0.39 is 66.0 Å². The van der Waals surface area contributed by atoms with E-state index in [9.17, 15) is 19.7 Å². The van der Waals surface area contributed by atoms with Crippen LogP contribution in [-0.4, -0.2) is 60.2 Å². The average Bonchev–Trinajstić information content (AvgIpc) is 3.19. The molecule has 1 heterocycles. The van der Waals surface area contributed by atoms with Crippen LogP contribution in [0.1, 0.15) is 58.9 Å². The first-order valence-corrected chi connectivity index (χ1v) is 13.7. The number of ketones is 1. The minimum absolute atomic E-state index is 0.0242. The molecule has 1 aromatic rings. The summed E-state index contributed by atoms with van der Waals surface area (Å²) in [6, 6.07) is 4.91. The van der Waals surface area contributed by atoms with Crippen LogP contribution >= 0.6 is 0 Å². The Balaban J connectivity index is 1.44. The zero-order valence-corrected chi connectivity index (χ0v) is 22.9. The predicted octanol–water partition coefficient (Wildman–Crippen LogP) is 2.97. The fourth-order valence-corrected chi connectivity index (χ4v) is 7.96. The standard InChI is InChI=1S/C29H37BFNO7/c1-6-27(4)13-22(38-23(33)15-37-19-8-7-18-14-32-39-30(36)20(18)11-19)28(5)16(2)9-10-29(17(3)26(27)35)12-21(31)24(34)25(28)29/h6-8,11,14,16-17,21-22,25-26,35-36H,1,9-10,12-13,15H2,2-5H3/t16-,17-,21-,22+,25-,26-,27+,28-,29-/m0/s1. The van der Waals surface area contributed by atoms with E-state index in [0.717, 1.165) is 6.42 Å². The number of hydrogen-bond acceptors (Lipinski definition) is 8. The van der Waals surface area contributed by atoms with E-state index in [0.29, 0.717) is 23.2 Å². The first-order chi connectivity index (χ1) is 18.4. The van der Waals surface area contributed by atoms with Crippen molar-refractivity contribution in [3.63, 3.8) is 0 Å². The van der Waals surface area contributed by atoms with Gasteiger partial charge >= 0.3 is 13.1 Å². The molecule has 0 amide bonds. The third-order valence-corrected chi connectivity index (χ3v) is 10.6. The van der Waals surface area contributed by atoms with Crippen molar-refractivity contribution in [3.05, 3.63) is 36.4 Å². The summed E-state index contributed by atoms with van der Waals surface area (Å²) >= 11 is 0. The van der Waals surface area contributed by atoms with Crippen LogP contribution in [0, 0.1) is 34.0 Å². The van der Waals surface area contributed by atoms with Gasteiger partial charge in [0.15, 0.2) is 18.6 Å². The van der Waals surface area contributed by atoms with E-state index in [4.69, 9.17) is 14.2 Å². The molecule has 1 aliphatic heterocycles. The number of ether oxygens (including phenoxy) is 2. The Morgan fingerprint density at radius 1 is 1.33 bits per heavy atom. The number of rotatable bonds is 5. The average molecular weight is 541 g/mol. The van der Waals surface area contributed by atoms with Gasteiger partial charge in [0.05, 0.1) is 12.3 Å². The van der Waals surface area contributed by atoms with Gasteiger partial charge < -0.3 is 24.4 Å². The molecule has 0 unspecified atom stereocenters. The van der Waals surface area contributed by atoms with Crippen molar-refractivity contribution < 1.29 is 38.3 Å². The molecule has 5 rings (SSSR count). The third-order valence-electron chi connectivity index (χ3n) is 10.6. The maximum absolute atomic E-state index is 15.2. The molecule has 0 spiro atoms. The fraction of sp³-hybridized carbons (Fsp3) is 0.621. The molecule has 0 aromatic heterocycles. The van der Waals surface area contributed by atoms with Gasteiger partial charge in [0.2, 0.25) is 0 Å². The molecule has 39 heavy (non-hydrogen) atoms. The molecule has 210 valence electrons. The summed E-state index contributed by atoms with van der Waals surface area (Å²) in [6.07, 6.45) is 1.59. The molecule has 2 bridgehead atoms. The first-order valence-electron chi connectivity index (χ1n) is 13.7. The van der Waals surface area contributed by atoms with E-state index in [1.165, 1.54) is 6.21 Å². The van der Waals surface area contributed by atoms with Gasteiger partial charge in [-0.1, -0.05) is 33.8 Å². The van der Waals surface area contributed by atoms with E-state index in [2.05, 4.69) is 11.7 Å². The van der Waals surface area contributed by atoms with Crippen molar-refractivity contribution in [3.8, 4) is 5.75 Å². The van der Waals surface area contributed by atoms with Crippen LogP contribution in [0.25, 0.3) is 0 Å². The Morgan fingerprint density at radius 3 is 2.79 bits per heavy atom. The van der Waals surface area contributed by atoms with Gasteiger partial charge in [-0.05, 0) is 66.7 Å². The molecular weight excluding hydrogens is 504 g/mol. The van der Waals surface area contributed by atoms with Crippen molar-refractivity contribution in [1.29, 1.82) is 0 Å². The number of carbonyl (C=O) groups is 2. The van der Waals surface area contributed by atoms with Crippen molar-refractivity contribution in [1.82, 2.24) is 0 Å². The molecule has 4 aliphatic rings. The summed E-state index contributed by atoms with van der Waals surface area (Å²) < 4.78 is 31.9.